The van der Waals surface area contributed by atoms with Crippen LogP contribution in [-0.4, -0.2) is 19.1 Å². The Balaban J connectivity index is 0.000000296. The molecule has 2 rings (SSSR count). The number of nitro groups is 1. The maximum absolute atomic E-state index is 12.4. The summed E-state index contributed by atoms with van der Waals surface area (Å²) in [5, 5.41) is 10.5. The van der Waals surface area contributed by atoms with Crippen molar-refractivity contribution in [1.29, 1.82) is 0 Å². The van der Waals surface area contributed by atoms with Gasteiger partial charge in [-0.25, -0.2) is 0 Å². The number of methoxy groups -OCH3 is 2. The Kier molecular flexibility index (Phi) is 8.33. The summed E-state index contributed by atoms with van der Waals surface area (Å²) in [7, 11) is 2.39. The second-order valence-corrected chi connectivity index (χ2v) is 6.81. The number of hydrogen-bond acceptors (Lipinski definition) is 4. The Morgan fingerprint density at radius 1 is 0.862 bits per heavy atom. The van der Waals surface area contributed by atoms with Crippen LogP contribution in [-0.2, 0) is 12.4 Å². The van der Waals surface area contributed by atoms with Gasteiger partial charge in [-0.2, -0.15) is 26.3 Å². The lowest BCUT2D eigenvalue weighted by atomic mass is 10.2. The van der Waals surface area contributed by atoms with Crippen LogP contribution < -0.4 is 9.47 Å². The third kappa shape index (κ3) is 6.77. The summed E-state index contributed by atoms with van der Waals surface area (Å²) in [4.78, 5) is 9.70. The van der Waals surface area contributed by atoms with E-state index >= 15 is 0 Å². The van der Waals surface area contributed by atoms with Crippen LogP contribution in [0.1, 0.15) is 11.1 Å². The van der Waals surface area contributed by atoms with Gasteiger partial charge in [-0.3, -0.25) is 10.1 Å². The highest BCUT2D eigenvalue weighted by Gasteiger charge is 2.36. The number of nitro benzene ring substituents is 1. The molecule has 0 aliphatic heterocycles. The fourth-order valence-corrected chi connectivity index (χ4v) is 2.94. The molecule has 0 fully saturated rings. The van der Waals surface area contributed by atoms with Gasteiger partial charge in [0.05, 0.1) is 30.3 Å². The van der Waals surface area contributed by atoms with Crippen molar-refractivity contribution in [1.82, 2.24) is 0 Å². The van der Waals surface area contributed by atoms with Crippen LogP contribution >= 0.6 is 31.9 Å². The fraction of sp³-hybridized carbons (Fsp3) is 0.250. The molecule has 0 aliphatic carbocycles. The van der Waals surface area contributed by atoms with Crippen LogP contribution in [0.25, 0.3) is 0 Å². The Morgan fingerprint density at radius 3 is 1.79 bits per heavy atom. The van der Waals surface area contributed by atoms with Crippen molar-refractivity contribution in [3.8, 4) is 11.5 Å². The predicted octanol–water partition coefficient (Wildman–Crippen LogP) is 6.86. The van der Waals surface area contributed by atoms with E-state index in [4.69, 9.17) is 0 Å². The smallest absolute Gasteiger partial charge is 0.417 e. The van der Waals surface area contributed by atoms with Gasteiger partial charge in [-0.1, -0.05) is 15.9 Å². The molecule has 0 saturated carbocycles. The second-order valence-electron chi connectivity index (χ2n) is 5.10. The molecule has 0 radical (unpaired) electrons. The van der Waals surface area contributed by atoms with Crippen LogP contribution in [0.3, 0.4) is 0 Å². The van der Waals surface area contributed by atoms with Crippen LogP contribution in [0.2, 0.25) is 0 Å². The maximum Gasteiger partial charge on any atom is 0.417 e. The zero-order valence-corrected chi connectivity index (χ0v) is 17.7. The molecule has 0 unspecified atom stereocenters. The highest BCUT2D eigenvalue weighted by molar-refractivity contribution is 9.10. The first-order chi connectivity index (χ1) is 13.2. The summed E-state index contributed by atoms with van der Waals surface area (Å²) in [6, 6.07) is 5.06. The molecule has 0 aliphatic rings. The topological polar surface area (TPSA) is 61.6 Å². The van der Waals surface area contributed by atoms with Crippen molar-refractivity contribution in [3.05, 3.63) is 60.5 Å². The molecule has 5 nitrogen and oxygen atoms in total. The zero-order chi connectivity index (χ0) is 22.6. The molecule has 13 heteroatoms. The third-order valence-electron chi connectivity index (χ3n) is 3.25. The highest BCUT2D eigenvalue weighted by atomic mass is 79.9. The van der Waals surface area contributed by atoms with E-state index in [-0.39, 0.29) is 10.2 Å². The number of ether oxygens (including phenoxy) is 2. The van der Waals surface area contributed by atoms with Crippen molar-refractivity contribution in [2.75, 3.05) is 14.2 Å². The van der Waals surface area contributed by atoms with Gasteiger partial charge >= 0.3 is 18.0 Å². The van der Waals surface area contributed by atoms with Crippen molar-refractivity contribution in [2.45, 2.75) is 12.4 Å². The van der Waals surface area contributed by atoms with Gasteiger partial charge in [0.25, 0.3) is 0 Å². The number of alkyl halides is 6. The Bertz CT molecular complexity index is 887. The van der Waals surface area contributed by atoms with Crippen molar-refractivity contribution >= 4 is 37.5 Å². The van der Waals surface area contributed by atoms with Crippen molar-refractivity contribution in [2.24, 2.45) is 0 Å². The Hall–Kier alpha value is -2.02. The van der Waals surface area contributed by atoms with E-state index in [2.05, 4.69) is 41.3 Å². The van der Waals surface area contributed by atoms with Crippen molar-refractivity contribution in [3.63, 3.8) is 0 Å². The van der Waals surface area contributed by atoms with Crippen LogP contribution in [0.5, 0.6) is 11.5 Å². The lowest BCUT2D eigenvalue weighted by molar-refractivity contribution is -0.385. The second kappa shape index (κ2) is 9.65. The number of rotatable bonds is 3. The zero-order valence-electron chi connectivity index (χ0n) is 14.5. The summed E-state index contributed by atoms with van der Waals surface area (Å²) in [5.74, 6) is -0.240. The van der Waals surface area contributed by atoms with Gasteiger partial charge in [-0.05, 0) is 34.1 Å². The van der Waals surface area contributed by atoms with Gasteiger partial charge in [0.15, 0.2) is 5.75 Å². The number of hydrogen-bond donors (Lipinski definition) is 0. The Labute approximate surface area is 177 Å². The minimum Gasteiger partial charge on any atom is -0.497 e. The summed E-state index contributed by atoms with van der Waals surface area (Å²) in [6.07, 6.45) is -8.95. The lowest BCUT2D eigenvalue weighted by Crippen LogP contribution is -2.07. The first-order valence-corrected chi connectivity index (χ1v) is 8.80. The molecular weight excluding hydrogens is 544 g/mol. The van der Waals surface area contributed by atoms with Crippen molar-refractivity contribution < 1.29 is 40.7 Å². The number of halogens is 8. The molecule has 0 bridgehead atoms. The van der Waals surface area contributed by atoms with E-state index in [1.807, 2.05) is 0 Å². The molecule has 0 spiro atoms. The molecular formula is C16H11Br2F6NO4. The monoisotopic (exact) mass is 553 g/mol. The predicted molar refractivity (Wildman–Crippen MR) is 98.0 cm³/mol. The van der Waals surface area contributed by atoms with E-state index in [0.717, 1.165) is 19.2 Å². The molecule has 0 aromatic heterocycles. The molecule has 0 heterocycles. The van der Waals surface area contributed by atoms with E-state index in [0.29, 0.717) is 6.07 Å². The summed E-state index contributed by atoms with van der Waals surface area (Å²) >= 11 is 5.45. The minimum absolute atomic E-state index is 0.0146. The van der Waals surface area contributed by atoms with Gasteiger partial charge < -0.3 is 9.47 Å². The van der Waals surface area contributed by atoms with Gasteiger partial charge in [0, 0.05) is 21.1 Å². The molecule has 0 atom stereocenters. The largest absolute Gasteiger partial charge is 0.497 e. The van der Waals surface area contributed by atoms with Crippen LogP contribution in [0.4, 0.5) is 32.0 Å². The summed E-state index contributed by atoms with van der Waals surface area (Å²) < 4.78 is 83.0. The molecule has 0 amide bonds. The van der Waals surface area contributed by atoms with E-state index < -0.39 is 44.3 Å². The maximum atomic E-state index is 12.4. The van der Waals surface area contributed by atoms with Gasteiger partial charge in [-0.15, -0.1) is 0 Å². The minimum atomic E-state index is -4.60. The van der Waals surface area contributed by atoms with E-state index in [9.17, 15) is 36.5 Å². The van der Waals surface area contributed by atoms with Crippen LogP contribution in [0, 0.1) is 10.1 Å². The SMILES string of the molecule is COc1cc(C(F)(F)F)c(Br)cc1[N+](=O)[O-].COc1ccc(Br)c(C(F)(F)F)c1. The molecule has 2 aromatic carbocycles. The van der Waals surface area contributed by atoms with E-state index in [1.165, 1.54) is 19.2 Å². The average molecular weight is 555 g/mol. The Morgan fingerprint density at radius 2 is 1.38 bits per heavy atom. The number of benzene rings is 2. The molecule has 0 saturated heterocycles. The van der Waals surface area contributed by atoms with E-state index in [1.54, 1.807) is 0 Å². The quantitative estimate of drug-likeness (QED) is 0.236. The summed E-state index contributed by atoms with van der Waals surface area (Å²) in [6.45, 7) is 0. The summed E-state index contributed by atoms with van der Waals surface area (Å²) in [5.41, 5.74) is -2.27. The fourth-order valence-electron chi connectivity index (χ4n) is 1.91. The molecule has 0 N–H and O–H groups in total. The van der Waals surface area contributed by atoms with Gasteiger partial charge in [0.1, 0.15) is 5.75 Å². The average Bonchev–Trinajstić information content (AvgIpc) is 2.60. The highest BCUT2D eigenvalue weighted by Crippen LogP contribution is 2.41. The first-order valence-electron chi connectivity index (χ1n) is 7.22. The standard InChI is InChI=1S/C8H5BrF3NO3.C8H6BrF3O/c1-16-7-2-4(8(10,11)12)5(9)3-6(7)13(14)15;1-13-5-2-3-7(9)6(4-5)8(10,11)12/h2-3H,1H3;2-4H,1H3. The first kappa shape index (κ1) is 25.0. The lowest BCUT2D eigenvalue weighted by Gasteiger charge is -2.10. The molecule has 2 aromatic rings. The molecule has 160 valence electrons. The number of nitrogens with zero attached hydrogens (tertiary/aromatic N) is 1. The molecule has 29 heavy (non-hydrogen) atoms. The third-order valence-corrected chi connectivity index (χ3v) is 4.60. The van der Waals surface area contributed by atoms with Crippen LogP contribution in [0.15, 0.2) is 39.3 Å². The normalized spacial score (nSPS) is 11.4. The van der Waals surface area contributed by atoms with Gasteiger partial charge in [0.2, 0.25) is 0 Å².